The monoisotopic (exact) mass is 344 g/mol. The fourth-order valence-corrected chi connectivity index (χ4v) is 2.38. The lowest BCUT2D eigenvalue weighted by Gasteiger charge is -2.24. The van der Waals surface area contributed by atoms with E-state index in [1.807, 2.05) is 46.1 Å². The number of benzene rings is 1. The Labute approximate surface area is 149 Å². The SMILES string of the molecule is Cc1ccc(OCC(=O)N(CCN(C)C)Cc2nc[nH]c2C)cc1C. The van der Waals surface area contributed by atoms with Crippen LogP contribution in [0.15, 0.2) is 24.5 Å². The van der Waals surface area contributed by atoms with Crippen LogP contribution >= 0.6 is 0 Å². The number of aromatic amines is 1. The van der Waals surface area contributed by atoms with Crippen molar-refractivity contribution in [1.29, 1.82) is 0 Å². The van der Waals surface area contributed by atoms with Crippen molar-refractivity contribution in [1.82, 2.24) is 19.8 Å². The Balaban J connectivity index is 2.00. The summed E-state index contributed by atoms with van der Waals surface area (Å²) in [7, 11) is 3.99. The van der Waals surface area contributed by atoms with Crippen LogP contribution in [0.4, 0.5) is 0 Å². The number of hydrogen-bond donors (Lipinski definition) is 1. The summed E-state index contributed by atoms with van der Waals surface area (Å²) >= 11 is 0. The van der Waals surface area contributed by atoms with E-state index in [2.05, 4.69) is 21.8 Å². The molecule has 1 aromatic heterocycles. The molecule has 1 aromatic carbocycles. The molecule has 25 heavy (non-hydrogen) atoms. The van der Waals surface area contributed by atoms with Crippen LogP contribution in [-0.4, -0.2) is 59.5 Å². The third-order valence-electron chi connectivity index (χ3n) is 4.29. The van der Waals surface area contributed by atoms with E-state index in [0.717, 1.165) is 29.2 Å². The Bertz CT molecular complexity index is 709. The molecule has 2 aromatic rings. The van der Waals surface area contributed by atoms with Crippen LogP contribution in [0.3, 0.4) is 0 Å². The number of imidazole rings is 1. The number of amides is 1. The summed E-state index contributed by atoms with van der Waals surface area (Å²) in [5.41, 5.74) is 4.23. The number of nitrogens with one attached hydrogen (secondary N) is 1. The second-order valence-electron chi connectivity index (χ2n) is 6.63. The van der Waals surface area contributed by atoms with E-state index < -0.39 is 0 Å². The minimum atomic E-state index is -0.0394. The van der Waals surface area contributed by atoms with Gasteiger partial charge in [-0.2, -0.15) is 0 Å². The smallest absolute Gasteiger partial charge is 0.260 e. The van der Waals surface area contributed by atoms with Crippen molar-refractivity contribution < 1.29 is 9.53 Å². The molecule has 1 amide bonds. The van der Waals surface area contributed by atoms with Gasteiger partial charge in [0, 0.05) is 18.8 Å². The molecule has 0 spiro atoms. The number of ether oxygens (including phenoxy) is 1. The van der Waals surface area contributed by atoms with Gasteiger partial charge in [0.25, 0.3) is 5.91 Å². The van der Waals surface area contributed by atoms with Gasteiger partial charge >= 0.3 is 0 Å². The summed E-state index contributed by atoms with van der Waals surface area (Å²) in [4.78, 5) is 23.9. The largest absolute Gasteiger partial charge is 0.484 e. The fourth-order valence-electron chi connectivity index (χ4n) is 2.38. The van der Waals surface area contributed by atoms with Crippen molar-refractivity contribution in [2.75, 3.05) is 33.8 Å². The number of carbonyl (C=O) groups excluding carboxylic acids is 1. The molecule has 0 aliphatic rings. The molecule has 0 atom stereocenters. The topological polar surface area (TPSA) is 61.5 Å². The minimum absolute atomic E-state index is 0.0272. The van der Waals surface area contributed by atoms with Crippen LogP contribution < -0.4 is 4.74 Å². The quantitative estimate of drug-likeness (QED) is 0.798. The lowest BCUT2D eigenvalue weighted by Crippen LogP contribution is -2.39. The highest BCUT2D eigenvalue weighted by molar-refractivity contribution is 5.77. The number of rotatable bonds is 8. The van der Waals surface area contributed by atoms with Gasteiger partial charge in [0.05, 0.1) is 18.6 Å². The van der Waals surface area contributed by atoms with Gasteiger partial charge < -0.3 is 19.5 Å². The third kappa shape index (κ3) is 5.60. The molecule has 2 rings (SSSR count). The summed E-state index contributed by atoms with van der Waals surface area (Å²) in [6.07, 6.45) is 1.66. The molecule has 0 aliphatic carbocycles. The van der Waals surface area contributed by atoms with Crippen molar-refractivity contribution in [3.8, 4) is 5.75 Å². The van der Waals surface area contributed by atoms with Crippen LogP contribution in [0.2, 0.25) is 0 Å². The zero-order valence-corrected chi connectivity index (χ0v) is 15.8. The van der Waals surface area contributed by atoms with Crippen molar-refractivity contribution >= 4 is 5.91 Å². The third-order valence-corrected chi connectivity index (χ3v) is 4.29. The fraction of sp³-hybridized carbons (Fsp3) is 0.474. The normalized spacial score (nSPS) is 11.0. The number of likely N-dealkylation sites (N-methyl/N-ethyl adjacent to an activating group) is 1. The average Bonchev–Trinajstić information content (AvgIpc) is 2.97. The van der Waals surface area contributed by atoms with Crippen molar-refractivity contribution in [2.24, 2.45) is 0 Å². The van der Waals surface area contributed by atoms with Gasteiger partial charge in [-0.1, -0.05) is 6.07 Å². The highest BCUT2D eigenvalue weighted by atomic mass is 16.5. The molecular weight excluding hydrogens is 316 g/mol. The maximum Gasteiger partial charge on any atom is 0.260 e. The number of aromatic nitrogens is 2. The number of hydrogen-bond acceptors (Lipinski definition) is 4. The van der Waals surface area contributed by atoms with Crippen LogP contribution in [0.1, 0.15) is 22.5 Å². The summed E-state index contributed by atoms with van der Waals surface area (Å²) in [6, 6.07) is 5.87. The minimum Gasteiger partial charge on any atom is -0.484 e. The molecule has 6 nitrogen and oxygen atoms in total. The van der Waals surface area contributed by atoms with Crippen molar-refractivity contribution in [3.05, 3.63) is 47.0 Å². The molecule has 136 valence electrons. The van der Waals surface area contributed by atoms with Gasteiger partial charge in [0.1, 0.15) is 5.75 Å². The lowest BCUT2D eigenvalue weighted by atomic mass is 10.1. The highest BCUT2D eigenvalue weighted by Crippen LogP contribution is 2.16. The molecule has 0 saturated carbocycles. The van der Waals surface area contributed by atoms with E-state index in [4.69, 9.17) is 4.74 Å². The van der Waals surface area contributed by atoms with Crippen LogP contribution in [-0.2, 0) is 11.3 Å². The molecule has 0 saturated heterocycles. The number of carbonyl (C=O) groups is 1. The molecule has 1 N–H and O–H groups in total. The number of H-pyrrole nitrogens is 1. The molecule has 0 radical (unpaired) electrons. The van der Waals surface area contributed by atoms with Crippen LogP contribution in [0, 0.1) is 20.8 Å². The summed E-state index contributed by atoms with van der Waals surface area (Å²) in [6.45, 7) is 7.99. The Morgan fingerprint density at radius 1 is 1.16 bits per heavy atom. The lowest BCUT2D eigenvalue weighted by molar-refractivity contribution is -0.134. The molecule has 0 aliphatic heterocycles. The number of aryl methyl sites for hydroxylation is 3. The van der Waals surface area contributed by atoms with E-state index in [1.54, 1.807) is 11.2 Å². The predicted molar refractivity (Wildman–Crippen MR) is 98.7 cm³/mol. The predicted octanol–water partition coefficient (Wildman–Crippen LogP) is 2.30. The zero-order valence-electron chi connectivity index (χ0n) is 15.8. The highest BCUT2D eigenvalue weighted by Gasteiger charge is 2.17. The maximum absolute atomic E-state index is 12.7. The Hall–Kier alpha value is -2.34. The van der Waals surface area contributed by atoms with E-state index in [0.29, 0.717) is 13.1 Å². The maximum atomic E-state index is 12.7. The number of nitrogens with zero attached hydrogens (tertiary/aromatic N) is 3. The molecule has 6 heteroatoms. The second kappa shape index (κ2) is 8.67. The summed E-state index contributed by atoms with van der Waals surface area (Å²) in [5.74, 6) is 0.683. The molecular formula is C19H28N4O2. The first-order valence-electron chi connectivity index (χ1n) is 8.48. The van der Waals surface area contributed by atoms with Gasteiger partial charge in [-0.25, -0.2) is 4.98 Å². The van der Waals surface area contributed by atoms with E-state index in [1.165, 1.54) is 5.56 Å². The second-order valence-corrected chi connectivity index (χ2v) is 6.63. The first kappa shape index (κ1) is 19.0. The van der Waals surface area contributed by atoms with Gasteiger partial charge in [-0.05, 0) is 58.1 Å². The summed E-state index contributed by atoms with van der Waals surface area (Å²) < 4.78 is 5.71. The van der Waals surface area contributed by atoms with Crippen molar-refractivity contribution in [2.45, 2.75) is 27.3 Å². The van der Waals surface area contributed by atoms with Gasteiger partial charge in [0.2, 0.25) is 0 Å². The summed E-state index contributed by atoms with van der Waals surface area (Å²) in [5, 5.41) is 0. The van der Waals surface area contributed by atoms with Crippen molar-refractivity contribution in [3.63, 3.8) is 0 Å². The first-order valence-corrected chi connectivity index (χ1v) is 8.48. The molecule has 0 fully saturated rings. The van der Waals surface area contributed by atoms with Crippen LogP contribution in [0.25, 0.3) is 0 Å². The molecule has 1 heterocycles. The Kier molecular flexibility index (Phi) is 6.58. The zero-order chi connectivity index (χ0) is 18.4. The van der Waals surface area contributed by atoms with E-state index in [-0.39, 0.29) is 12.5 Å². The Morgan fingerprint density at radius 3 is 2.52 bits per heavy atom. The van der Waals surface area contributed by atoms with E-state index >= 15 is 0 Å². The van der Waals surface area contributed by atoms with Gasteiger partial charge in [-0.15, -0.1) is 0 Å². The van der Waals surface area contributed by atoms with E-state index in [9.17, 15) is 4.79 Å². The average molecular weight is 344 g/mol. The Morgan fingerprint density at radius 2 is 1.92 bits per heavy atom. The first-order chi connectivity index (χ1) is 11.9. The van der Waals surface area contributed by atoms with Crippen LogP contribution in [0.5, 0.6) is 5.75 Å². The molecule has 0 unspecified atom stereocenters. The standard InChI is InChI=1S/C19H28N4O2/c1-14-6-7-17(10-15(14)2)25-12-19(24)23(9-8-22(4)5)11-18-16(3)20-13-21-18/h6-7,10,13H,8-9,11-12H2,1-5H3,(H,20,21). The van der Waals surface area contributed by atoms with Gasteiger partial charge in [-0.3, -0.25) is 4.79 Å². The molecule has 0 bridgehead atoms. The van der Waals surface area contributed by atoms with Gasteiger partial charge in [0.15, 0.2) is 6.61 Å².